The van der Waals surface area contributed by atoms with E-state index in [2.05, 4.69) is 66.3 Å². The molecule has 3 heterocycles. The predicted molar refractivity (Wildman–Crippen MR) is 280 cm³/mol. The molecule has 0 spiro atoms. The number of fused-ring (bicyclic) bond motifs is 5. The van der Waals surface area contributed by atoms with Gasteiger partial charge in [0.05, 0.1) is 59.5 Å². The smallest absolute Gasteiger partial charge is 0.200 e. The van der Waals surface area contributed by atoms with Gasteiger partial charge in [-0.05, 0) is 50.0 Å². The second kappa shape index (κ2) is 26.7. The molecule has 2 fully saturated rings. The number of ether oxygens (including phenoxy) is 10. The van der Waals surface area contributed by atoms with Crippen molar-refractivity contribution in [3.8, 4) is 0 Å². The Bertz CT molecular complexity index is 2320. The minimum Gasteiger partial charge on any atom is -0.413 e. The molecule has 72 heavy (non-hydrogen) atoms. The minimum absolute atomic E-state index is 0.141. The standard InChI is InChI=1S/C60H76O11Si/c1-8-32-62-53-52(41-68-72(42(2)3,43(4)5)44(6)7)70-60-58(66-37-47-26-17-11-18-27-47)55(53)64-39-50-31-21-30-49(33-50)34-61-40-51-54(71-60)56(63-35-45-22-13-9-14-23-45)57(65-36-46-24-15-10-16-25-46)59(69-51)67-38-48-28-19-12-20-29-48/h8-31,33,42-44,51-60H,1,32,34-41H2,2-7H3/t51-,52-,53-,54-,55+,56+,57-,58-,59+,60+/m1/s1. The van der Waals surface area contributed by atoms with E-state index in [0.29, 0.717) is 23.2 Å². The van der Waals surface area contributed by atoms with Gasteiger partial charge >= 0.3 is 0 Å². The monoisotopic (exact) mass is 1000 g/mol. The van der Waals surface area contributed by atoms with Crippen LogP contribution in [0.25, 0.3) is 0 Å². The molecule has 386 valence electrons. The lowest BCUT2D eigenvalue weighted by atomic mass is 9.95. The molecule has 5 aromatic carbocycles. The number of hydrogen-bond donors (Lipinski definition) is 0. The minimum atomic E-state index is -2.42. The molecule has 0 saturated carbocycles. The van der Waals surface area contributed by atoms with Crippen LogP contribution in [0.5, 0.6) is 0 Å². The van der Waals surface area contributed by atoms with Gasteiger partial charge in [-0.2, -0.15) is 0 Å². The Balaban J connectivity index is 1.25. The molecule has 12 heteroatoms. The highest BCUT2D eigenvalue weighted by Gasteiger charge is 2.55. The fourth-order valence-electron chi connectivity index (χ4n) is 10.8. The van der Waals surface area contributed by atoms with Crippen LogP contribution < -0.4 is 0 Å². The number of hydrogen-bond acceptors (Lipinski definition) is 11. The predicted octanol–water partition coefficient (Wildman–Crippen LogP) is 11.7. The van der Waals surface area contributed by atoms with E-state index < -0.39 is 69.7 Å². The average Bonchev–Trinajstić information content (AvgIpc) is 3.39. The van der Waals surface area contributed by atoms with Crippen LogP contribution in [-0.2, 0) is 91.4 Å². The highest BCUT2D eigenvalue weighted by Crippen LogP contribution is 2.44. The van der Waals surface area contributed by atoms with Crippen molar-refractivity contribution in [3.63, 3.8) is 0 Å². The fraction of sp³-hybridized carbons (Fsp3) is 0.467. The normalized spacial score (nSPS) is 26.0. The summed E-state index contributed by atoms with van der Waals surface area (Å²) in [6, 6.07) is 48.6. The lowest BCUT2D eigenvalue weighted by molar-refractivity contribution is -0.377. The lowest BCUT2D eigenvalue weighted by Crippen LogP contribution is -2.67. The van der Waals surface area contributed by atoms with Crippen LogP contribution in [0.1, 0.15) is 74.9 Å². The molecular formula is C60H76O11Si. The zero-order chi connectivity index (χ0) is 50.3. The van der Waals surface area contributed by atoms with Gasteiger partial charge in [-0.1, -0.05) is 193 Å². The lowest BCUT2D eigenvalue weighted by Gasteiger charge is -2.51. The first-order valence-electron chi connectivity index (χ1n) is 25.8. The molecule has 11 nitrogen and oxygen atoms in total. The van der Waals surface area contributed by atoms with Gasteiger partial charge in [0.2, 0.25) is 0 Å². The molecule has 10 atom stereocenters. The van der Waals surface area contributed by atoms with Crippen LogP contribution in [0, 0.1) is 0 Å². The third kappa shape index (κ3) is 13.9. The molecule has 4 bridgehead atoms. The van der Waals surface area contributed by atoms with Crippen LogP contribution in [0.15, 0.2) is 158 Å². The van der Waals surface area contributed by atoms with Gasteiger partial charge < -0.3 is 51.8 Å². The number of rotatable bonds is 21. The Labute approximate surface area is 429 Å². The fourth-order valence-corrected chi connectivity index (χ4v) is 16.2. The van der Waals surface area contributed by atoms with Crippen LogP contribution in [0.4, 0.5) is 0 Å². The van der Waals surface area contributed by atoms with E-state index in [1.54, 1.807) is 6.08 Å². The maximum Gasteiger partial charge on any atom is 0.200 e. The highest BCUT2D eigenvalue weighted by atomic mass is 28.4. The topological polar surface area (TPSA) is 102 Å². The highest BCUT2D eigenvalue weighted by molar-refractivity contribution is 6.77. The first-order valence-corrected chi connectivity index (χ1v) is 28.0. The van der Waals surface area contributed by atoms with E-state index >= 15 is 0 Å². The maximum atomic E-state index is 7.56. The summed E-state index contributed by atoms with van der Waals surface area (Å²) in [6.07, 6.45) is -6.14. The van der Waals surface area contributed by atoms with Crippen molar-refractivity contribution >= 4 is 8.32 Å². The molecule has 0 aliphatic carbocycles. The molecule has 0 aromatic heterocycles. The van der Waals surface area contributed by atoms with Crippen molar-refractivity contribution < 1.29 is 51.8 Å². The van der Waals surface area contributed by atoms with Crippen LogP contribution in [-0.4, -0.2) is 89.5 Å². The summed E-state index contributed by atoms with van der Waals surface area (Å²) in [6.45, 7) is 20.1. The first kappa shape index (κ1) is 53.9. The third-order valence-corrected chi connectivity index (χ3v) is 20.3. The SMILES string of the molecule is C=CCO[C@H]1[C@@H]2OCc3cccc(c3)COC[C@H]3O[C@H](OCc4ccccc4)[C@H](OCc4ccccc4)[C@@H](OCc4ccccc4)[C@@H]3O[C@H](O[C@@H]1CO[Si](C(C)C)(C(C)C)C(C)C)[C@@H]2OCc1ccccc1. The summed E-state index contributed by atoms with van der Waals surface area (Å²) in [5, 5.41) is 0. The maximum absolute atomic E-state index is 7.56. The van der Waals surface area contributed by atoms with Gasteiger partial charge in [-0.15, -0.1) is 6.58 Å². The van der Waals surface area contributed by atoms with Gasteiger partial charge in [0.15, 0.2) is 20.9 Å². The van der Waals surface area contributed by atoms with Gasteiger partial charge in [0.1, 0.15) is 48.8 Å². The van der Waals surface area contributed by atoms with Crippen molar-refractivity contribution in [2.45, 2.75) is 159 Å². The first-order chi connectivity index (χ1) is 35.1. The summed E-state index contributed by atoms with van der Waals surface area (Å²) in [5.74, 6) is 0. The third-order valence-electron chi connectivity index (χ3n) is 14.2. The largest absolute Gasteiger partial charge is 0.413 e. The molecule has 0 unspecified atom stereocenters. The summed E-state index contributed by atoms with van der Waals surface area (Å²) < 4.78 is 77.9. The van der Waals surface area contributed by atoms with Gasteiger partial charge in [-0.3, -0.25) is 0 Å². The zero-order valence-electron chi connectivity index (χ0n) is 43.0. The molecule has 0 amide bonds. The average molecular weight is 1000 g/mol. The Morgan fingerprint density at radius 1 is 0.528 bits per heavy atom. The van der Waals surface area contributed by atoms with Gasteiger partial charge in [-0.25, -0.2) is 0 Å². The summed E-state index contributed by atoms with van der Waals surface area (Å²) in [4.78, 5) is 0. The van der Waals surface area contributed by atoms with Gasteiger partial charge in [0.25, 0.3) is 0 Å². The molecule has 8 rings (SSSR count). The molecule has 0 radical (unpaired) electrons. The second-order valence-electron chi connectivity index (χ2n) is 20.1. The zero-order valence-corrected chi connectivity index (χ0v) is 44.0. The van der Waals surface area contributed by atoms with Crippen LogP contribution in [0.3, 0.4) is 0 Å². The summed E-state index contributed by atoms with van der Waals surface area (Å²) >= 11 is 0. The van der Waals surface area contributed by atoms with Crippen LogP contribution >= 0.6 is 0 Å². The quantitative estimate of drug-likeness (QED) is 0.0519. The summed E-state index contributed by atoms with van der Waals surface area (Å²) in [7, 11) is -2.42. The Morgan fingerprint density at radius 3 is 1.56 bits per heavy atom. The van der Waals surface area contributed by atoms with Crippen molar-refractivity contribution in [3.05, 3.63) is 192 Å². The van der Waals surface area contributed by atoms with E-state index in [0.717, 1.165) is 33.4 Å². The number of benzene rings is 5. The van der Waals surface area contributed by atoms with Crippen molar-refractivity contribution in [2.75, 3.05) is 19.8 Å². The molecular weight excluding hydrogens is 925 g/mol. The van der Waals surface area contributed by atoms with E-state index in [9.17, 15) is 0 Å². The van der Waals surface area contributed by atoms with E-state index in [-0.39, 0.29) is 52.9 Å². The Morgan fingerprint density at radius 2 is 1.03 bits per heavy atom. The van der Waals surface area contributed by atoms with E-state index in [4.69, 9.17) is 51.8 Å². The second-order valence-corrected chi connectivity index (χ2v) is 25.6. The van der Waals surface area contributed by atoms with Crippen molar-refractivity contribution in [1.82, 2.24) is 0 Å². The molecule has 2 saturated heterocycles. The Hall–Kier alpha value is -4.38. The van der Waals surface area contributed by atoms with E-state index in [1.165, 1.54) is 0 Å². The molecule has 3 aliphatic rings. The molecule has 3 aliphatic heterocycles. The van der Waals surface area contributed by atoms with Crippen LogP contribution in [0.2, 0.25) is 16.6 Å². The summed E-state index contributed by atoms with van der Waals surface area (Å²) in [5.41, 5.74) is 6.92. The Kier molecular flexibility index (Phi) is 20.0. The molecule has 5 aromatic rings. The molecule has 0 N–H and O–H groups in total. The van der Waals surface area contributed by atoms with Crippen molar-refractivity contribution in [2.24, 2.45) is 0 Å². The van der Waals surface area contributed by atoms with Crippen molar-refractivity contribution in [1.29, 1.82) is 0 Å². The van der Waals surface area contributed by atoms with Gasteiger partial charge in [0, 0.05) is 0 Å². The van der Waals surface area contributed by atoms with E-state index in [1.807, 2.05) is 127 Å².